The van der Waals surface area contributed by atoms with Crippen LogP contribution < -0.4 is 20.6 Å². The van der Waals surface area contributed by atoms with Gasteiger partial charge < -0.3 is 9.71 Å². The molecule has 3 heterocycles. The van der Waals surface area contributed by atoms with Gasteiger partial charge in [0, 0.05) is 50.1 Å². The molecule has 358 valence electrons. The van der Waals surface area contributed by atoms with Crippen LogP contribution in [0.1, 0.15) is 205 Å². The summed E-state index contributed by atoms with van der Waals surface area (Å²) >= 11 is 0. The number of fused-ring (bicyclic) bond motifs is 16. The van der Waals surface area contributed by atoms with Crippen LogP contribution in [-0.2, 0) is 37.9 Å². The highest BCUT2D eigenvalue weighted by molar-refractivity contribution is 6.94. The standard InChI is InChI=1S/C67H77BN2/c1-38-32-39(60(2,3)4)24-27-52(38)70-58-42(25-26-45-55(58)43-35-47-48(36-46(43)65(45,14)15)63(10,11)31-30-62(47,8)9)56-54-41-22-18-19-23-44(41)64(12,13)49(54)37-53-57(56)68(70)51-34-40(61(5,6)7)33-50-59(51)69(53)67(17)29-21-20-28-66(50,67)16/h18-19,22-27,32-37H,20-21,28-31H2,1-17H3. The zero-order chi connectivity index (χ0) is 49.6. The Morgan fingerprint density at radius 2 is 1.13 bits per heavy atom. The monoisotopic (exact) mass is 921 g/mol. The lowest BCUT2D eigenvalue weighted by atomic mass is 9.42. The highest BCUT2D eigenvalue weighted by Gasteiger charge is 2.63. The molecule has 1 saturated carbocycles. The number of rotatable bonds is 1. The van der Waals surface area contributed by atoms with Crippen LogP contribution in [0.25, 0.3) is 33.4 Å². The molecule has 13 rings (SSSR count). The van der Waals surface area contributed by atoms with E-state index in [1.165, 1.54) is 145 Å². The molecule has 0 spiro atoms. The summed E-state index contributed by atoms with van der Waals surface area (Å²) in [7, 11) is 0. The van der Waals surface area contributed by atoms with Crippen LogP contribution in [0.5, 0.6) is 0 Å². The third kappa shape index (κ3) is 5.33. The van der Waals surface area contributed by atoms with Crippen LogP contribution in [0.2, 0.25) is 0 Å². The van der Waals surface area contributed by atoms with Crippen molar-refractivity contribution in [2.24, 2.45) is 0 Å². The lowest BCUT2D eigenvalue weighted by molar-refractivity contribution is 0.195. The van der Waals surface area contributed by atoms with Gasteiger partial charge in [0.1, 0.15) is 0 Å². The SMILES string of the molecule is Cc1cc(C(C)(C)C)ccc1N1B2c3cc(C(C)(C)C)cc4c3N(c3cc5c(c(c32)-c2ccc3c(c21)-c1cc2c(cc1C3(C)C)C(C)(C)CCC2(C)C)-c1ccccc1C5(C)C)C1(C)CCCCC41C. The third-order valence-electron chi connectivity index (χ3n) is 20.7. The largest absolute Gasteiger partial charge is 0.376 e. The lowest BCUT2D eigenvalue weighted by Gasteiger charge is -2.53. The summed E-state index contributed by atoms with van der Waals surface area (Å²) in [6, 6.07) is 35.7. The second kappa shape index (κ2) is 13.3. The maximum atomic E-state index is 2.97. The molecule has 6 aromatic rings. The Bertz CT molecular complexity index is 3360. The van der Waals surface area contributed by atoms with Crippen molar-refractivity contribution in [2.75, 3.05) is 9.71 Å². The minimum absolute atomic E-state index is 0.000302. The molecular weight excluding hydrogens is 844 g/mol. The van der Waals surface area contributed by atoms with E-state index in [1.807, 2.05) is 0 Å². The first kappa shape index (κ1) is 44.9. The normalized spacial score (nSPS) is 23.9. The van der Waals surface area contributed by atoms with E-state index >= 15 is 0 Å². The second-order valence-electron chi connectivity index (χ2n) is 28.4. The first-order chi connectivity index (χ1) is 32.6. The molecule has 4 aliphatic carbocycles. The molecule has 0 aromatic heterocycles. The maximum Gasteiger partial charge on any atom is 0.333 e. The second-order valence-corrected chi connectivity index (χ2v) is 28.4. The number of aryl methyl sites for hydroxylation is 1. The fourth-order valence-corrected chi connectivity index (χ4v) is 16.0. The summed E-state index contributed by atoms with van der Waals surface area (Å²) < 4.78 is 0. The highest BCUT2D eigenvalue weighted by atomic mass is 15.3. The topological polar surface area (TPSA) is 6.48 Å². The summed E-state index contributed by atoms with van der Waals surface area (Å²) in [4.78, 5) is 5.91. The summed E-state index contributed by atoms with van der Waals surface area (Å²) in [5, 5.41) is 0. The zero-order valence-corrected chi connectivity index (χ0v) is 45.8. The minimum atomic E-state index is -0.183. The molecule has 1 fully saturated rings. The van der Waals surface area contributed by atoms with E-state index in [1.54, 1.807) is 16.7 Å². The van der Waals surface area contributed by atoms with Crippen molar-refractivity contribution in [3.63, 3.8) is 0 Å². The van der Waals surface area contributed by atoms with E-state index in [0.29, 0.717) is 0 Å². The van der Waals surface area contributed by atoms with E-state index in [4.69, 9.17) is 0 Å². The van der Waals surface area contributed by atoms with Crippen molar-refractivity contribution < 1.29 is 0 Å². The van der Waals surface area contributed by atoms with Gasteiger partial charge in [0.15, 0.2) is 0 Å². The fraction of sp³-hybridized carbons (Fsp3) is 0.463. The molecule has 2 nitrogen and oxygen atoms in total. The van der Waals surface area contributed by atoms with Gasteiger partial charge in [0.25, 0.3) is 0 Å². The van der Waals surface area contributed by atoms with Gasteiger partial charge in [-0.3, -0.25) is 0 Å². The van der Waals surface area contributed by atoms with Gasteiger partial charge >= 0.3 is 6.85 Å². The van der Waals surface area contributed by atoms with E-state index in [2.05, 4.69) is 212 Å². The lowest BCUT2D eigenvalue weighted by Crippen LogP contribution is -2.65. The molecule has 0 radical (unpaired) electrons. The Morgan fingerprint density at radius 1 is 0.471 bits per heavy atom. The minimum Gasteiger partial charge on any atom is -0.376 e. The van der Waals surface area contributed by atoms with Gasteiger partial charge in [-0.15, -0.1) is 0 Å². The number of hydrogen-bond donors (Lipinski definition) is 0. The van der Waals surface area contributed by atoms with Crippen LogP contribution in [0.3, 0.4) is 0 Å². The van der Waals surface area contributed by atoms with Crippen molar-refractivity contribution in [1.29, 1.82) is 0 Å². The van der Waals surface area contributed by atoms with Crippen molar-refractivity contribution in [3.05, 3.63) is 141 Å². The molecule has 2 atom stereocenters. The van der Waals surface area contributed by atoms with Crippen LogP contribution in [0, 0.1) is 6.92 Å². The Labute approximate surface area is 421 Å². The molecule has 6 aromatic carbocycles. The molecule has 0 bridgehead atoms. The van der Waals surface area contributed by atoms with Gasteiger partial charge in [0.2, 0.25) is 0 Å². The van der Waals surface area contributed by atoms with Gasteiger partial charge in [-0.1, -0.05) is 183 Å². The first-order valence-corrected chi connectivity index (χ1v) is 27.2. The number of anilines is 4. The van der Waals surface area contributed by atoms with Gasteiger partial charge in [0.05, 0.1) is 5.54 Å². The Hall–Kier alpha value is -5.02. The molecule has 2 unspecified atom stereocenters. The van der Waals surface area contributed by atoms with Gasteiger partial charge in [-0.05, 0) is 168 Å². The molecular formula is C67H77BN2. The molecule has 70 heavy (non-hydrogen) atoms. The van der Waals surface area contributed by atoms with Crippen LogP contribution in [-0.4, -0.2) is 12.4 Å². The molecule has 3 aliphatic heterocycles. The molecule has 0 N–H and O–H groups in total. The number of benzene rings is 6. The predicted molar refractivity (Wildman–Crippen MR) is 301 cm³/mol. The van der Waals surface area contributed by atoms with E-state index in [9.17, 15) is 0 Å². The summed E-state index contributed by atoms with van der Waals surface area (Å²) in [5.74, 6) is 0. The quantitative estimate of drug-likeness (QED) is 0.152. The predicted octanol–water partition coefficient (Wildman–Crippen LogP) is 16.5. The van der Waals surface area contributed by atoms with Gasteiger partial charge in [-0.25, -0.2) is 0 Å². The van der Waals surface area contributed by atoms with Crippen molar-refractivity contribution in [2.45, 2.75) is 200 Å². The summed E-state index contributed by atoms with van der Waals surface area (Å²) in [6.07, 6.45) is 7.35. The Morgan fingerprint density at radius 3 is 1.81 bits per heavy atom. The fourth-order valence-electron chi connectivity index (χ4n) is 16.0. The Kier molecular flexibility index (Phi) is 8.55. The van der Waals surface area contributed by atoms with Crippen molar-refractivity contribution >= 4 is 40.5 Å². The number of hydrogen-bond acceptors (Lipinski definition) is 2. The number of nitrogens with zero attached hydrogens (tertiary/aromatic N) is 2. The molecule has 3 heteroatoms. The molecule has 7 aliphatic rings. The average molecular weight is 921 g/mol. The van der Waals surface area contributed by atoms with Gasteiger partial charge in [-0.2, -0.15) is 0 Å². The summed E-state index contributed by atoms with van der Waals surface area (Å²) in [6.45, 7) is 42.2. The van der Waals surface area contributed by atoms with Crippen LogP contribution >= 0.6 is 0 Å². The van der Waals surface area contributed by atoms with Crippen molar-refractivity contribution in [3.8, 4) is 33.4 Å². The van der Waals surface area contributed by atoms with E-state index < -0.39 is 0 Å². The maximum absolute atomic E-state index is 2.97. The third-order valence-corrected chi connectivity index (χ3v) is 20.7. The molecule has 0 saturated heterocycles. The summed E-state index contributed by atoms with van der Waals surface area (Å²) in [5.41, 5.74) is 31.9. The Balaban J connectivity index is 1.25. The average Bonchev–Trinajstić information content (AvgIpc) is 3.76. The zero-order valence-electron chi connectivity index (χ0n) is 45.8. The van der Waals surface area contributed by atoms with Crippen LogP contribution in [0.4, 0.5) is 22.7 Å². The highest BCUT2D eigenvalue weighted by Crippen LogP contribution is 2.67. The smallest absolute Gasteiger partial charge is 0.333 e. The van der Waals surface area contributed by atoms with E-state index in [0.717, 1.165) is 0 Å². The molecule has 0 amide bonds. The van der Waals surface area contributed by atoms with Crippen LogP contribution in [0.15, 0.2) is 84.9 Å². The van der Waals surface area contributed by atoms with E-state index in [-0.39, 0.29) is 50.3 Å². The first-order valence-electron chi connectivity index (χ1n) is 27.2. The van der Waals surface area contributed by atoms with Crippen molar-refractivity contribution in [1.82, 2.24) is 0 Å².